The SMILES string of the molecule is CCOC(=O)COc1cc(Br)ccc1Oc1ccc(C(C)(C)C)cc1. The van der Waals surface area contributed by atoms with Crippen molar-refractivity contribution in [1.29, 1.82) is 0 Å². The number of benzene rings is 2. The predicted molar refractivity (Wildman–Crippen MR) is 101 cm³/mol. The molecule has 0 aliphatic carbocycles. The van der Waals surface area contributed by atoms with Gasteiger partial charge in [0.05, 0.1) is 6.61 Å². The van der Waals surface area contributed by atoms with Crippen LogP contribution in [0.15, 0.2) is 46.9 Å². The van der Waals surface area contributed by atoms with Gasteiger partial charge in [-0.2, -0.15) is 0 Å². The highest BCUT2D eigenvalue weighted by Crippen LogP contribution is 2.35. The van der Waals surface area contributed by atoms with Crippen LogP contribution in [0.25, 0.3) is 0 Å². The smallest absolute Gasteiger partial charge is 0.344 e. The van der Waals surface area contributed by atoms with Crippen LogP contribution in [0.5, 0.6) is 17.2 Å². The molecular weight excluding hydrogens is 384 g/mol. The fraction of sp³-hybridized carbons (Fsp3) is 0.350. The van der Waals surface area contributed by atoms with Gasteiger partial charge in [-0.05, 0) is 48.2 Å². The van der Waals surface area contributed by atoms with Gasteiger partial charge in [-0.25, -0.2) is 4.79 Å². The highest BCUT2D eigenvalue weighted by atomic mass is 79.9. The van der Waals surface area contributed by atoms with E-state index in [0.717, 1.165) is 4.47 Å². The molecule has 0 bridgehead atoms. The summed E-state index contributed by atoms with van der Waals surface area (Å²) in [6, 6.07) is 13.4. The maximum atomic E-state index is 11.5. The summed E-state index contributed by atoms with van der Waals surface area (Å²) in [5.41, 5.74) is 1.32. The van der Waals surface area contributed by atoms with Crippen LogP contribution >= 0.6 is 15.9 Å². The Hall–Kier alpha value is -2.01. The largest absolute Gasteiger partial charge is 0.478 e. The molecule has 0 amide bonds. The number of esters is 1. The first kappa shape index (κ1) is 19.3. The Morgan fingerprint density at radius 1 is 1.04 bits per heavy atom. The van der Waals surface area contributed by atoms with Crippen molar-refractivity contribution in [2.24, 2.45) is 0 Å². The number of carbonyl (C=O) groups is 1. The molecular formula is C20H23BrO4. The van der Waals surface area contributed by atoms with E-state index in [1.165, 1.54) is 5.56 Å². The van der Waals surface area contributed by atoms with E-state index in [4.69, 9.17) is 14.2 Å². The van der Waals surface area contributed by atoms with Crippen molar-refractivity contribution < 1.29 is 19.0 Å². The lowest BCUT2D eigenvalue weighted by Crippen LogP contribution is -2.14. The zero-order valence-electron chi connectivity index (χ0n) is 15.0. The first-order valence-electron chi connectivity index (χ1n) is 8.16. The van der Waals surface area contributed by atoms with E-state index in [1.807, 2.05) is 30.3 Å². The van der Waals surface area contributed by atoms with Gasteiger partial charge in [0.15, 0.2) is 18.1 Å². The van der Waals surface area contributed by atoms with E-state index < -0.39 is 5.97 Å². The Labute approximate surface area is 157 Å². The number of hydrogen-bond donors (Lipinski definition) is 0. The molecule has 0 unspecified atom stereocenters. The Morgan fingerprint density at radius 3 is 2.32 bits per heavy atom. The average Bonchev–Trinajstić information content (AvgIpc) is 2.55. The number of rotatable bonds is 6. The second-order valence-corrected chi connectivity index (χ2v) is 7.48. The maximum absolute atomic E-state index is 11.5. The molecule has 134 valence electrons. The van der Waals surface area contributed by atoms with Crippen molar-refractivity contribution >= 4 is 21.9 Å². The fourth-order valence-corrected chi connectivity index (χ4v) is 2.51. The third-order valence-corrected chi connectivity index (χ3v) is 4.00. The minimum atomic E-state index is -0.414. The van der Waals surface area contributed by atoms with Crippen molar-refractivity contribution in [2.75, 3.05) is 13.2 Å². The van der Waals surface area contributed by atoms with Crippen LogP contribution in [0.2, 0.25) is 0 Å². The summed E-state index contributed by atoms with van der Waals surface area (Å²) in [6.07, 6.45) is 0. The molecule has 0 heterocycles. The van der Waals surface area contributed by atoms with Crippen LogP contribution in [-0.2, 0) is 14.9 Å². The number of halogens is 1. The van der Waals surface area contributed by atoms with E-state index in [9.17, 15) is 4.79 Å². The second kappa shape index (κ2) is 8.39. The number of hydrogen-bond acceptors (Lipinski definition) is 4. The minimum Gasteiger partial charge on any atom is -0.478 e. The van der Waals surface area contributed by atoms with Crippen LogP contribution in [0.4, 0.5) is 0 Å². The molecule has 2 aromatic rings. The Bertz CT molecular complexity index is 717. The van der Waals surface area contributed by atoms with E-state index in [2.05, 4.69) is 36.7 Å². The molecule has 5 heteroatoms. The number of carbonyl (C=O) groups excluding carboxylic acids is 1. The summed E-state index contributed by atoms with van der Waals surface area (Å²) >= 11 is 3.40. The van der Waals surface area contributed by atoms with Gasteiger partial charge >= 0.3 is 5.97 Å². The molecule has 2 rings (SSSR count). The van der Waals surface area contributed by atoms with Crippen LogP contribution in [0.1, 0.15) is 33.3 Å². The summed E-state index contributed by atoms with van der Waals surface area (Å²) < 4.78 is 17.2. The van der Waals surface area contributed by atoms with Crippen molar-refractivity contribution in [3.63, 3.8) is 0 Å². The summed E-state index contributed by atoms with van der Waals surface area (Å²) in [6.45, 7) is 8.41. The van der Waals surface area contributed by atoms with Crippen LogP contribution in [-0.4, -0.2) is 19.2 Å². The third kappa shape index (κ3) is 5.78. The Morgan fingerprint density at radius 2 is 1.72 bits per heavy atom. The molecule has 0 aliphatic heterocycles. The van der Waals surface area contributed by atoms with Crippen molar-refractivity contribution in [2.45, 2.75) is 33.1 Å². The van der Waals surface area contributed by atoms with Crippen LogP contribution in [0.3, 0.4) is 0 Å². The zero-order chi connectivity index (χ0) is 18.4. The molecule has 2 aromatic carbocycles. The van der Waals surface area contributed by atoms with Crippen molar-refractivity contribution in [3.8, 4) is 17.2 Å². The topological polar surface area (TPSA) is 44.8 Å². The molecule has 0 saturated heterocycles. The van der Waals surface area contributed by atoms with E-state index in [-0.39, 0.29) is 12.0 Å². The molecule has 0 radical (unpaired) electrons. The quantitative estimate of drug-likeness (QED) is 0.595. The van der Waals surface area contributed by atoms with Crippen molar-refractivity contribution in [1.82, 2.24) is 0 Å². The maximum Gasteiger partial charge on any atom is 0.344 e. The lowest BCUT2D eigenvalue weighted by Gasteiger charge is -2.19. The van der Waals surface area contributed by atoms with Gasteiger partial charge in [0.1, 0.15) is 5.75 Å². The monoisotopic (exact) mass is 406 g/mol. The zero-order valence-corrected chi connectivity index (χ0v) is 16.6. The van der Waals surface area contributed by atoms with Gasteiger partial charge < -0.3 is 14.2 Å². The van der Waals surface area contributed by atoms with Gasteiger partial charge in [-0.1, -0.05) is 48.8 Å². The molecule has 0 aromatic heterocycles. The molecule has 0 spiro atoms. The van der Waals surface area contributed by atoms with E-state index in [1.54, 1.807) is 19.1 Å². The van der Waals surface area contributed by atoms with Gasteiger partial charge in [-0.3, -0.25) is 0 Å². The molecule has 0 fully saturated rings. The highest BCUT2D eigenvalue weighted by Gasteiger charge is 2.14. The number of ether oxygens (including phenoxy) is 3. The van der Waals surface area contributed by atoms with E-state index >= 15 is 0 Å². The minimum absolute atomic E-state index is 0.0874. The molecule has 0 saturated carbocycles. The molecule has 25 heavy (non-hydrogen) atoms. The molecule has 4 nitrogen and oxygen atoms in total. The molecule has 0 N–H and O–H groups in total. The second-order valence-electron chi connectivity index (χ2n) is 6.56. The summed E-state index contributed by atoms with van der Waals surface area (Å²) in [5.74, 6) is 1.30. The third-order valence-electron chi connectivity index (χ3n) is 3.50. The van der Waals surface area contributed by atoms with Gasteiger partial charge in [-0.15, -0.1) is 0 Å². The standard InChI is InChI=1S/C20H23BrO4/c1-5-23-19(22)13-24-18-12-15(21)8-11-17(18)25-16-9-6-14(7-10-16)20(2,3)4/h6-12H,5,13H2,1-4H3. The van der Waals surface area contributed by atoms with E-state index in [0.29, 0.717) is 23.9 Å². The lowest BCUT2D eigenvalue weighted by molar-refractivity contribution is -0.145. The average molecular weight is 407 g/mol. The predicted octanol–water partition coefficient (Wildman–Crippen LogP) is 5.48. The first-order valence-corrected chi connectivity index (χ1v) is 8.95. The van der Waals surface area contributed by atoms with Gasteiger partial charge in [0.25, 0.3) is 0 Å². The molecule has 0 atom stereocenters. The molecule has 0 aliphatic rings. The lowest BCUT2D eigenvalue weighted by atomic mass is 9.87. The van der Waals surface area contributed by atoms with Crippen LogP contribution in [0, 0.1) is 0 Å². The first-order chi connectivity index (χ1) is 11.8. The van der Waals surface area contributed by atoms with Crippen molar-refractivity contribution in [3.05, 3.63) is 52.5 Å². The summed E-state index contributed by atoms with van der Waals surface area (Å²) in [7, 11) is 0. The van der Waals surface area contributed by atoms with Gasteiger partial charge in [0.2, 0.25) is 0 Å². The summed E-state index contributed by atoms with van der Waals surface area (Å²) in [4.78, 5) is 11.5. The summed E-state index contributed by atoms with van der Waals surface area (Å²) in [5, 5.41) is 0. The highest BCUT2D eigenvalue weighted by molar-refractivity contribution is 9.10. The van der Waals surface area contributed by atoms with Crippen LogP contribution < -0.4 is 9.47 Å². The fourth-order valence-electron chi connectivity index (χ4n) is 2.17. The van der Waals surface area contributed by atoms with Gasteiger partial charge in [0, 0.05) is 4.47 Å². The normalized spacial score (nSPS) is 11.1. The Balaban J connectivity index is 2.14. The Kier molecular flexibility index (Phi) is 6.48.